The minimum atomic E-state index is 0.302. The van der Waals surface area contributed by atoms with Crippen molar-refractivity contribution in [2.45, 2.75) is 39.8 Å². The molecular weight excluding hydrogens is 368 g/mol. The zero-order valence-electron chi connectivity index (χ0n) is 17.2. The molecule has 3 nitrogen and oxygen atoms in total. The number of halogens is 1. The molecule has 150 valence electrons. The highest BCUT2D eigenvalue weighted by atomic mass is 35.5. The van der Waals surface area contributed by atoms with Crippen molar-refractivity contribution in [3.8, 4) is 5.75 Å². The minimum absolute atomic E-state index is 0.302. The van der Waals surface area contributed by atoms with Crippen molar-refractivity contribution in [2.24, 2.45) is 11.3 Å². The molecule has 0 aliphatic carbocycles. The summed E-state index contributed by atoms with van der Waals surface area (Å²) in [5.74, 6) is 1.64. The molecule has 3 aliphatic rings. The maximum Gasteiger partial charge on any atom is 0.119 e. The summed E-state index contributed by atoms with van der Waals surface area (Å²) in [7, 11) is 0. The second-order valence-corrected chi connectivity index (χ2v) is 9.41. The van der Waals surface area contributed by atoms with E-state index in [-0.39, 0.29) is 0 Å². The molecule has 3 aliphatic heterocycles. The Kier molecular flexibility index (Phi) is 5.57. The van der Waals surface area contributed by atoms with E-state index in [2.05, 4.69) is 60.0 Å². The summed E-state index contributed by atoms with van der Waals surface area (Å²) in [4.78, 5) is 5.29. The van der Waals surface area contributed by atoms with Crippen LogP contribution in [0.25, 0.3) is 0 Å². The third-order valence-corrected chi connectivity index (χ3v) is 6.55. The fourth-order valence-corrected chi connectivity index (χ4v) is 5.21. The smallest absolute Gasteiger partial charge is 0.119 e. The number of anilines is 1. The van der Waals surface area contributed by atoms with Crippen LogP contribution in [0.3, 0.4) is 0 Å². The van der Waals surface area contributed by atoms with Gasteiger partial charge in [0.05, 0.1) is 6.61 Å². The van der Waals surface area contributed by atoms with Gasteiger partial charge in [-0.3, -0.25) is 4.90 Å². The van der Waals surface area contributed by atoms with Crippen molar-refractivity contribution in [3.63, 3.8) is 0 Å². The summed E-state index contributed by atoms with van der Waals surface area (Å²) in [5, 5.41) is 0.808. The lowest BCUT2D eigenvalue weighted by molar-refractivity contribution is 0.190. The third-order valence-electron chi connectivity index (χ3n) is 6.29. The van der Waals surface area contributed by atoms with Gasteiger partial charge in [0, 0.05) is 42.9 Å². The fraction of sp³-hybridized carbons (Fsp3) is 0.500. The molecule has 4 heteroatoms. The lowest BCUT2D eigenvalue weighted by atomic mass is 9.73. The van der Waals surface area contributed by atoms with Crippen LogP contribution in [0, 0.1) is 11.3 Å². The Balaban J connectivity index is 1.55. The number of hydrogen-bond acceptors (Lipinski definition) is 3. The van der Waals surface area contributed by atoms with Crippen LogP contribution in [0.1, 0.15) is 32.8 Å². The highest BCUT2D eigenvalue weighted by Crippen LogP contribution is 2.43. The van der Waals surface area contributed by atoms with Gasteiger partial charge in [-0.25, -0.2) is 0 Å². The van der Waals surface area contributed by atoms with E-state index in [4.69, 9.17) is 16.3 Å². The van der Waals surface area contributed by atoms with Gasteiger partial charge in [0.2, 0.25) is 0 Å². The van der Waals surface area contributed by atoms with Crippen molar-refractivity contribution in [1.29, 1.82) is 0 Å². The van der Waals surface area contributed by atoms with Crippen molar-refractivity contribution < 1.29 is 4.74 Å². The van der Waals surface area contributed by atoms with Crippen molar-refractivity contribution in [1.82, 2.24) is 4.90 Å². The second-order valence-electron chi connectivity index (χ2n) is 8.97. The predicted octanol–water partition coefficient (Wildman–Crippen LogP) is 5.48. The van der Waals surface area contributed by atoms with E-state index in [9.17, 15) is 0 Å². The van der Waals surface area contributed by atoms with Gasteiger partial charge >= 0.3 is 0 Å². The van der Waals surface area contributed by atoms with E-state index in [0.717, 1.165) is 37.0 Å². The molecule has 3 fully saturated rings. The van der Waals surface area contributed by atoms with Crippen LogP contribution in [0.15, 0.2) is 48.5 Å². The number of piperidine rings is 1. The number of ether oxygens (including phenoxy) is 1. The molecule has 0 unspecified atom stereocenters. The highest BCUT2D eigenvalue weighted by molar-refractivity contribution is 6.30. The predicted molar refractivity (Wildman–Crippen MR) is 117 cm³/mol. The Morgan fingerprint density at radius 2 is 1.71 bits per heavy atom. The molecule has 3 saturated heterocycles. The monoisotopic (exact) mass is 398 g/mol. The molecule has 5 rings (SSSR count). The molecule has 2 atom stereocenters. The van der Waals surface area contributed by atoms with Gasteiger partial charge in [-0.05, 0) is 66.6 Å². The number of fused-ring (bicyclic) bond motifs is 4. The average Bonchev–Trinajstić information content (AvgIpc) is 2.90. The van der Waals surface area contributed by atoms with Crippen LogP contribution in [-0.4, -0.2) is 37.2 Å². The van der Waals surface area contributed by atoms with Crippen LogP contribution in [0.5, 0.6) is 5.75 Å². The zero-order valence-corrected chi connectivity index (χ0v) is 18.0. The van der Waals surface area contributed by atoms with Crippen LogP contribution in [-0.2, 0) is 6.54 Å². The number of benzene rings is 2. The lowest BCUT2D eigenvalue weighted by Crippen LogP contribution is -2.53. The Morgan fingerprint density at radius 1 is 1.00 bits per heavy atom. The maximum absolute atomic E-state index is 6.06. The Labute approximate surface area is 174 Å². The van der Waals surface area contributed by atoms with Crippen LogP contribution in [0.4, 0.5) is 5.69 Å². The van der Waals surface area contributed by atoms with E-state index < -0.39 is 0 Å². The number of hydrogen-bond donors (Lipinski definition) is 0. The first-order valence-corrected chi connectivity index (χ1v) is 10.8. The molecule has 2 bridgehead atoms. The third kappa shape index (κ3) is 4.16. The van der Waals surface area contributed by atoms with Crippen molar-refractivity contribution in [3.05, 3.63) is 59.1 Å². The number of rotatable bonds is 5. The molecule has 0 saturated carbocycles. The summed E-state index contributed by atoms with van der Waals surface area (Å²) >= 11 is 6.06. The summed E-state index contributed by atoms with van der Waals surface area (Å²) in [6.07, 6.45) is 1.29. The van der Waals surface area contributed by atoms with Crippen LogP contribution < -0.4 is 9.64 Å². The van der Waals surface area contributed by atoms with Crippen LogP contribution >= 0.6 is 11.6 Å². The molecule has 3 heterocycles. The van der Waals surface area contributed by atoms with Crippen molar-refractivity contribution in [2.75, 3.05) is 31.1 Å². The van der Waals surface area contributed by atoms with Gasteiger partial charge in [0.15, 0.2) is 0 Å². The summed E-state index contributed by atoms with van der Waals surface area (Å²) in [6.45, 7) is 12.0. The van der Waals surface area contributed by atoms with Gasteiger partial charge in [0.1, 0.15) is 5.75 Å². The molecule has 0 N–H and O–H groups in total. The highest BCUT2D eigenvalue weighted by Gasteiger charge is 2.45. The molecule has 0 radical (unpaired) electrons. The average molecular weight is 399 g/mol. The fourth-order valence-electron chi connectivity index (χ4n) is 5.09. The minimum Gasteiger partial charge on any atom is -0.494 e. The van der Waals surface area contributed by atoms with E-state index in [1.165, 1.54) is 17.7 Å². The van der Waals surface area contributed by atoms with E-state index in [1.54, 1.807) is 0 Å². The van der Waals surface area contributed by atoms with Gasteiger partial charge in [-0.2, -0.15) is 0 Å². The molecule has 28 heavy (non-hydrogen) atoms. The van der Waals surface area contributed by atoms with E-state index in [1.807, 2.05) is 19.1 Å². The molecule has 0 amide bonds. The van der Waals surface area contributed by atoms with Crippen LogP contribution in [0.2, 0.25) is 5.02 Å². The Bertz CT molecular complexity index is 787. The first-order valence-electron chi connectivity index (χ1n) is 10.4. The topological polar surface area (TPSA) is 15.7 Å². The quantitative estimate of drug-likeness (QED) is 0.663. The first kappa shape index (κ1) is 19.6. The van der Waals surface area contributed by atoms with Crippen molar-refractivity contribution >= 4 is 17.3 Å². The molecule has 0 spiro atoms. The van der Waals surface area contributed by atoms with E-state index >= 15 is 0 Å². The number of nitrogens with zero attached hydrogens (tertiary/aromatic N) is 2. The van der Waals surface area contributed by atoms with Gasteiger partial charge < -0.3 is 9.64 Å². The largest absolute Gasteiger partial charge is 0.494 e. The maximum atomic E-state index is 6.06. The van der Waals surface area contributed by atoms with Gasteiger partial charge in [-0.1, -0.05) is 37.6 Å². The first-order chi connectivity index (χ1) is 13.4. The molecule has 2 aromatic rings. The van der Waals surface area contributed by atoms with Gasteiger partial charge in [0.25, 0.3) is 0 Å². The Morgan fingerprint density at radius 3 is 2.39 bits per heavy atom. The van der Waals surface area contributed by atoms with Gasteiger partial charge in [-0.15, -0.1) is 0 Å². The molecular formula is C24H31ClN2O. The summed E-state index contributed by atoms with van der Waals surface area (Å²) in [5.41, 5.74) is 2.96. The standard InChI is InChI=1S/C24H31ClN2O/c1-4-28-22-11-9-21(10-12-22)27-16-19-13-24(2,3)23(27)17-26(15-19)14-18-5-7-20(25)8-6-18/h5-12,19,23H,4,13-17H2,1-3H3/t19-,23-/m1/s1. The molecule has 0 aromatic heterocycles. The second kappa shape index (κ2) is 7.96. The SMILES string of the molecule is CCOc1ccc(N2C[C@H]3CN(Cc4ccc(Cl)cc4)C[C@@H]2C(C)(C)C3)cc1. The Hall–Kier alpha value is -1.71. The zero-order chi connectivity index (χ0) is 19.7. The molecule has 2 aromatic carbocycles. The lowest BCUT2D eigenvalue weighted by Gasteiger charge is -2.48. The normalized spacial score (nSPS) is 24.2. The summed E-state index contributed by atoms with van der Waals surface area (Å²) < 4.78 is 5.63. The van der Waals surface area contributed by atoms with E-state index in [0.29, 0.717) is 24.0 Å². The summed E-state index contributed by atoms with van der Waals surface area (Å²) in [6, 6.07) is 17.5.